The zero-order valence-corrected chi connectivity index (χ0v) is 11.7. The van der Waals surface area contributed by atoms with Crippen LogP contribution in [0.15, 0.2) is 36.5 Å². The molecule has 1 heterocycles. The van der Waals surface area contributed by atoms with Crippen molar-refractivity contribution in [2.45, 2.75) is 13.3 Å². The molecule has 5 heteroatoms. The predicted molar refractivity (Wildman–Crippen MR) is 80.2 cm³/mol. The Kier molecular flexibility index (Phi) is 4.30. The second kappa shape index (κ2) is 6.14. The fraction of sp³-hybridized carbons (Fsp3) is 0.267. The number of carbonyl (C=O) groups excluding carboxylic acids is 1. The molecule has 106 valence electrons. The van der Waals surface area contributed by atoms with E-state index in [1.807, 2.05) is 31.3 Å². The topological polar surface area (TPSA) is 69.3 Å². The number of hydrogen-bond donors (Lipinski definition) is 2. The minimum atomic E-state index is -0.0819. The normalized spacial score (nSPS) is 11.1. The van der Waals surface area contributed by atoms with E-state index < -0.39 is 0 Å². The number of nitrogens with one attached hydrogen (secondary N) is 1. The van der Waals surface area contributed by atoms with Gasteiger partial charge in [-0.25, -0.2) is 0 Å². The quantitative estimate of drug-likeness (QED) is 0.642. The first-order chi connectivity index (χ1) is 9.65. The molecule has 1 aromatic carbocycles. The number of allylic oxidation sites excluding steroid dienone is 1. The highest BCUT2D eigenvalue weighted by molar-refractivity contribution is 5.88. The van der Waals surface area contributed by atoms with E-state index in [-0.39, 0.29) is 5.91 Å². The van der Waals surface area contributed by atoms with Crippen LogP contribution in [0.3, 0.4) is 0 Å². The van der Waals surface area contributed by atoms with Gasteiger partial charge >= 0.3 is 0 Å². The molecule has 0 aliphatic carbocycles. The molecule has 0 saturated heterocycles. The maximum Gasteiger partial charge on any atom is 0.243 e. The molecule has 20 heavy (non-hydrogen) atoms. The van der Waals surface area contributed by atoms with Gasteiger partial charge in [-0.1, -0.05) is 6.08 Å². The summed E-state index contributed by atoms with van der Waals surface area (Å²) in [7, 11) is 1.64. The minimum absolute atomic E-state index is 0.0819. The third-order valence-corrected chi connectivity index (χ3v) is 3.13. The molecule has 2 aromatic rings. The zero-order chi connectivity index (χ0) is 14.5. The molecule has 0 unspecified atom stereocenters. The Bertz CT molecular complexity index is 644. The van der Waals surface area contributed by atoms with Gasteiger partial charge in [0.05, 0.1) is 12.6 Å². The van der Waals surface area contributed by atoms with Crippen molar-refractivity contribution in [2.24, 2.45) is 0 Å². The van der Waals surface area contributed by atoms with Gasteiger partial charge in [0, 0.05) is 18.1 Å². The van der Waals surface area contributed by atoms with Crippen molar-refractivity contribution in [3.05, 3.63) is 42.1 Å². The lowest BCUT2D eigenvalue weighted by Crippen LogP contribution is -2.23. The second-order valence-corrected chi connectivity index (χ2v) is 4.49. The van der Waals surface area contributed by atoms with E-state index in [0.717, 1.165) is 28.6 Å². The second-order valence-electron chi connectivity index (χ2n) is 4.49. The van der Waals surface area contributed by atoms with Gasteiger partial charge in [-0.3, -0.25) is 9.47 Å². The number of rotatable bonds is 5. The number of hydrogen-bond acceptors (Lipinski definition) is 3. The average Bonchev–Trinajstić information content (AvgIpc) is 2.75. The zero-order valence-electron chi connectivity index (χ0n) is 11.7. The van der Waals surface area contributed by atoms with Crippen molar-refractivity contribution in [1.29, 1.82) is 0 Å². The number of fused-ring (bicyclic) bond motifs is 1. The highest BCUT2D eigenvalue weighted by Crippen LogP contribution is 2.24. The number of aromatic nitrogens is 1. The summed E-state index contributed by atoms with van der Waals surface area (Å²) in [5, 5.41) is 3.88. The van der Waals surface area contributed by atoms with Gasteiger partial charge < -0.3 is 15.9 Å². The minimum Gasteiger partial charge on any atom is -0.497 e. The Morgan fingerprint density at radius 2 is 2.30 bits per heavy atom. The molecule has 1 aromatic heterocycles. The van der Waals surface area contributed by atoms with Crippen LogP contribution in [0.25, 0.3) is 10.9 Å². The summed E-state index contributed by atoms with van der Waals surface area (Å²) in [5.74, 6) is 6.64. The van der Waals surface area contributed by atoms with Crippen molar-refractivity contribution in [3.8, 4) is 5.75 Å². The smallest absolute Gasteiger partial charge is 0.243 e. The summed E-state index contributed by atoms with van der Waals surface area (Å²) >= 11 is 0. The maximum absolute atomic E-state index is 11.4. The Morgan fingerprint density at radius 1 is 1.50 bits per heavy atom. The van der Waals surface area contributed by atoms with Crippen molar-refractivity contribution in [3.63, 3.8) is 0 Å². The summed E-state index contributed by atoms with van der Waals surface area (Å²) < 4.78 is 6.83. The van der Waals surface area contributed by atoms with E-state index in [4.69, 9.17) is 10.6 Å². The monoisotopic (exact) mass is 273 g/mol. The van der Waals surface area contributed by atoms with E-state index in [1.165, 1.54) is 6.08 Å². The molecule has 0 saturated carbocycles. The van der Waals surface area contributed by atoms with E-state index in [1.54, 1.807) is 17.9 Å². The number of carbonyl (C=O) groups is 1. The van der Waals surface area contributed by atoms with Gasteiger partial charge in [0.15, 0.2) is 0 Å². The number of amides is 1. The van der Waals surface area contributed by atoms with Gasteiger partial charge in [0.1, 0.15) is 5.75 Å². The third-order valence-electron chi connectivity index (χ3n) is 3.13. The number of methoxy groups -OCH3 is 1. The van der Waals surface area contributed by atoms with Gasteiger partial charge in [-0.05, 0) is 43.2 Å². The molecule has 0 aliphatic rings. The summed E-state index contributed by atoms with van der Waals surface area (Å²) in [6, 6.07) is 5.77. The molecule has 0 spiro atoms. The molecule has 0 radical (unpaired) electrons. The highest BCUT2D eigenvalue weighted by atomic mass is 16.5. The van der Waals surface area contributed by atoms with Gasteiger partial charge in [-0.2, -0.15) is 0 Å². The lowest BCUT2D eigenvalue weighted by molar-refractivity contribution is -0.116. The molecule has 2 rings (SSSR count). The molecule has 5 nitrogen and oxygen atoms in total. The Labute approximate surface area is 118 Å². The number of nitrogens with two attached hydrogens (primary N) is 1. The van der Waals surface area contributed by atoms with E-state index in [9.17, 15) is 4.79 Å². The number of nitrogen functional groups attached to an aromatic ring is 1. The predicted octanol–water partition coefficient (Wildman–Crippen LogP) is 1.60. The van der Waals surface area contributed by atoms with Crippen LogP contribution >= 0.6 is 0 Å². The molecular formula is C15H19N3O2. The molecule has 3 N–H and O–H groups in total. The number of nitrogens with zero attached hydrogens (tertiary/aromatic N) is 1. The first-order valence-electron chi connectivity index (χ1n) is 6.49. The molecule has 0 bridgehead atoms. The largest absolute Gasteiger partial charge is 0.497 e. The Balaban J connectivity index is 2.15. The van der Waals surface area contributed by atoms with Crippen molar-refractivity contribution >= 4 is 16.8 Å². The van der Waals surface area contributed by atoms with Gasteiger partial charge in [0.25, 0.3) is 0 Å². The average molecular weight is 273 g/mol. The number of benzene rings is 1. The third kappa shape index (κ3) is 2.93. The van der Waals surface area contributed by atoms with Crippen LogP contribution in [0, 0.1) is 0 Å². The lowest BCUT2D eigenvalue weighted by atomic mass is 10.1. The Hall–Kier alpha value is -2.43. The fourth-order valence-corrected chi connectivity index (χ4v) is 2.16. The van der Waals surface area contributed by atoms with Crippen LogP contribution in [0.4, 0.5) is 0 Å². The standard InChI is InChI=1S/C15H19N3O2/c1-3-4-15(19)17-8-7-11-10-18(16)14-6-5-12(20-2)9-13(11)14/h3-6,9-10H,7-8,16H2,1-2H3,(H,17,19)/b4-3+. The van der Waals surface area contributed by atoms with Gasteiger partial charge in [-0.15, -0.1) is 0 Å². The molecule has 0 fully saturated rings. The van der Waals surface area contributed by atoms with Crippen molar-refractivity contribution in [2.75, 3.05) is 19.5 Å². The van der Waals surface area contributed by atoms with Gasteiger partial charge in [0.2, 0.25) is 5.91 Å². The summed E-state index contributed by atoms with van der Waals surface area (Å²) in [6.07, 6.45) is 5.82. The first kappa shape index (κ1) is 14.0. The van der Waals surface area contributed by atoms with Crippen LogP contribution in [-0.2, 0) is 11.2 Å². The van der Waals surface area contributed by atoms with E-state index >= 15 is 0 Å². The maximum atomic E-state index is 11.4. The van der Waals surface area contributed by atoms with Crippen LogP contribution < -0.4 is 15.9 Å². The molecular weight excluding hydrogens is 254 g/mol. The molecule has 0 atom stereocenters. The Morgan fingerprint density at radius 3 is 3.00 bits per heavy atom. The van der Waals surface area contributed by atoms with Crippen LogP contribution in [0.1, 0.15) is 12.5 Å². The fourth-order valence-electron chi connectivity index (χ4n) is 2.16. The van der Waals surface area contributed by atoms with Crippen LogP contribution in [0.5, 0.6) is 5.75 Å². The van der Waals surface area contributed by atoms with Crippen LogP contribution in [0.2, 0.25) is 0 Å². The molecule has 0 aliphatic heterocycles. The summed E-state index contributed by atoms with van der Waals surface area (Å²) in [6.45, 7) is 2.38. The first-order valence-corrected chi connectivity index (χ1v) is 6.49. The van der Waals surface area contributed by atoms with Crippen LogP contribution in [-0.4, -0.2) is 24.2 Å². The molecule has 1 amide bonds. The number of ether oxygens (including phenoxy) is 1. The summed E-state index contributed by atoms with van der Waals surface area (Å²) in [5.41, 5.74) is 2.03. The summed E-state index contributed by atoms with van der Waals surface area (Å²) in [4.78, 5) is 11.4. The van der Waals surface area contributed by atoms with E-state index in [2.05, 4.69) is 5.32 Å². The van der Waals surface area contributed by atoms with E-state index in [0.29, 0.717) is 6.54 Å². The van der Waals surface area contributed by atoms with Crippen molar-refractivity contribution in [1.82, 2.24) is 9.99 Å². The highest BCUT2D eigenvalue weighted by Gasteiger charge is 2.08. The van der Waals surface area contributed by atoms with Crippen molar-refractivity contribution < 1.29 is 9.53 Å². The SMILES string of the molecule is C/C=C/C(=O)NCCc1cn(N)c2ccc(OC)cc12. The lowest BCUT2D eigenvalue weighted by Gasteiger charge is -2.03.